The maximum Gasteiger partial charge on any atom is 0.265 e. The zero-order valence-corrected chi connectivity index (χ0v) is 19.3. The number of benzene rings is 1. The zero-order chi connectivity index (χ0) is 21.8. The van der Waals surface area contributed by atoms with Crippen LogP contribution in [0.5, 0.6) is 5.75 Å². The molecule has 2 aliphatic heterocycles. The molecule has 31 heavy (non-hydrogen) atoms. The Kier molecular flexibility index (Phi) is 7.13. The molecule has 0 radical (unpaired) electrons. The number of carbonyl (C=O) groups excluding carboxylic acids is 2. The number of hydrogen-bond acceptors (Lipinski definition) is 5. The van der Waals surface area contributed by atoms with Gasteiger partial charge in [0.1, 0.15) is 16.7 Å². The highest BCUT2D eigenvalue weighted by atomic mass is 35.5. The largest absolute Gasteiger partial charge is 0.490 e. The molecule has 2 fully saturated rings. The number of carbonyl (C=O) groups is 2. The molecule has 1 aromatic heterocycles. The van der Waals surface area contributed by atoms with Crippen LogP contribution in [0.2, 0.25) is 5.02 Å². The van der Waals surface area contributed by atoms with Gasteiger partial charge in [-0.25, -0.2) is 4.98 Å². The first kappa shape index (κ1) is 22.1. The number of aryl methyl sites for hydroxylation is 1. The minimum atomic E-state index is -0.140. The predicted octanol–water partition coefficient (Wildman–Crippen LogP) is 4.42. The molecule has 2 saturated heterocycles. The lowest BCUT2D eigenvalue weighted by Gasteiger charge is -2.39. The van der Waals surface area contributed by atoms with E-state index in [0.717, 1.165) is 31.6 Å². The number of thiazole rings is 1. The van der Waals surface area contributed by atoms with Gasteiger partial charge in [-0.05, 0) is 44.4 Å². The van der Waals surface area contributed by atoms with Crippen LogP contribution in [0.3, 0.4) is 0 Å². The van der Waals surface area contributed by atoms with Gasteiger partial charge in [0.2, 0.25) is 5.91 Å². The van der Waals surface area contributed by atoms with E-state index in [4.69, 9.17) is 16.3 Å². The van der Waals surface area contributed by atoms with E-state index in [9.17, 15) is 9.59 Å². The van der Waals surface area contributed by atoms with Crippen molar-refractivity contribution in [1.29, 1.82) is 0 Å². The molecule has 6 nitrogen and oxygen atoms in total. The van der Waals surface area contributed by atoms with Crippen LogP contribution in [-0.2, 0) is 4.79 Å². The molecule has 1 aromatic carbocycles. The van der Waals surface area contributed by atoms with Crippen LogP contribution < -0.4 is 4.74 Å². The highest BCUT2D eigenvalue weighted by molar-refractivity contribution is 7.11. The monoisotopic (exact) mass is 461 g/mol. The van der Waals surface area contributed by atoms with Crippen molar-refractivity contribution in [2.45, 2.75) is 45.1 Å². The van der Waals surface area contributed by atoms with E-state index in [0.29, 0.717) is 41.6 Å². The molecule has 2 aromatic rings. The Bertz CT molecular complexity index is 928. The molecular weight excluding hydrogens is 434 g/mol. The average molecular weight is 462 g/mol. The minimum absolute atomic E-state index is 0.00312. The fourth-order valence-corrected chi connectivity index (χ4v) is 5.36. The van der Waals surface area contributed by atoms with Crippen LogP contribution in [0.1, 0.15) is 47.5 Å². The fraction of sp³-hybridized carbons (Fsp3) is 0.522. The molecule has 0 N–H and O–H groups in total. The van der Waals surface area contributed by atoms with E-state index in [-0.39, 0.29) is 23.8 Å². The van der Waals surface area contributed by atoms with Crippen molar-refractivity contribution in [2.24, 2.45) is 5.92 Å². The summed E-state index contributed by atoms with van der Waals surface area (Å²) in [4.78, 5) is 34.8. The van der Waals surface area contributed by atoms with Crippen LogP contribution >= 0.6 is 22.9 Å². The summed E-state index contributed by atoms with van der Waals surface area (Å²) in [6, 6.07) is 7.35. The number of nitrogens with zero attached hydrogens (tertiary/aromatic N) is 3. The number of ether oxygens (including phenoxy) is 1. The topological polar surface area (TPSA) is 62.7 Å². The van der Waals surface area contributed by atoms with Crippen molar-refractivity contribution in [2.75, 3.05) is 26.2 Å². The SMILES string of the molecule is Cc1ncsc1C(=O)N1CC[C@H](Oc2cccc(Cl)c2)[C@@H](CC(=O)N2CCCCC2)C1. The normalized spacial score (nSPS) is 21.7. The molecule has 0 spiro atoms. The third kappa shape index (κ3) is 5.39. The fourth-order valence-electron chi connectivity index (χ4n) is 4.41. The second-order valence-electron chi connectivity index (χ2n) is 8.33. The highest BCUT2D eigenvalue weighted by Gasteiger charge is 2.36. The standard InChI is InChI=1S/C23H28ClN3O3S/c1-16-22(31-15-25-16)23(29)27-11-8-20(30-19-7-5-6-18(24)13-19)17(14-27)12-21(28)26-9-3-2-4-10-26/h5-7,13,15,17,20H,2-4,8-12,14H2,1H3/t17-,20-/m0/s1. The molecule has 8 heteroatoms. The molecular formula is C23H28ClN3O3S. The van der Waals surface area contributed by atoms with Crippen molar-refractivity contribution in [1.82, 2.24) is 14.8 Å². The quantitative estimate of drug-likeness (QED) is 0.661. The van der Waals surface area contributed by atoms with Gasteiger partial charge < -0.3 is 14.5 Å². The predicted molar refractivity (Wildman–Crippen MR) is 122 cm³/mol. The Labute approximate surface area is 192 Å². The Morgan fingerprint density at radius 1 is 1.19 bits per heavy atom. The molecule has 2 atom stereocenters. The summed E-state index contributed by atoms with van der Waals surface area (Å²) in [5.41, 5.74) is 2.46. The van der Waals surface area contributed by atoms with Crippen LogP contribution in [0.15, 0.2) is 29.8 Å². The first-order chi connectivity index (χ1) is 15.0. The molecule has 0 bridgehead atoms. The summed E-state index contributed by atoms with van der Waals surface area (Å²) in [5.74, 6) is 0.787. The van der Waals surface area contributed by atoms with Crippen molar-refractivity contribution in [3.8, 4) is 5.75 Å². The first-order valence-corrected chi connectivity index (χ1v) is 12.2. The van der Waals surface area contributed by atoms with Gasteiger partial charge >= 0.3 is 0 Å². The number of halogens is 1. The van der Waals surface area contributed by atoms with E-state index in [1.165, 1.54) is 17.8 Å². The second kappa shape index (κ2) is 10.0. The van der Waals surface area contributed by atoms with Gasteiger partial charge in [0, 0.05) is 50.0 Å². The zero-order valence-electron chi connectivity index (χ0n) is 17.8. The molecule has 0 saturated carbocycles. The minimum Gasteiger partial charge on any atom is -0.490 e. The molecule has 2 aliphatic rings. The van der Waals surface area contributed by atoms with Gasteiger partial charge in [0.05, 0.1) is 11.2 Å². The maximum absolute atomic E-state index is 13.1. The Morgan fingerprint density at radius 3 is 2.71 bits per heavy atom. The van der Waals surface area contributed by atoms with E-state index in [1.807, 2.05) is 34.9 Å². The number of aromatic nitrogens is 1. The highest BCUT2D eigenvalue weighted by Crippen LogP contribution is 2.29. The summed E-state index contributed by atoms with van der Waals surface area (Å²) < 4.78 is 6.28. The van der Waals surface area contributed by atoms with Gasteiger partial charge in [-0.2, -0.15) is 0 Å². The van der Waals surface area contributed by atoms with E-state index in [2.05, 4.69) is 4.98 Å². The maximum atomic E-state index is 13.1. The summed E-state index contributed by atoms with van der Waals surface area (Å²) >= 11 is 7.49. The third-order valence-electron chi connectivity index (χ3n) is 6.12. The van der Waals surface area contributed by atoms with E-state index >= 15 is 0 Å². The van der Waals surface area contributed by atoms with Gasteiger partial charge in [-0.3, -0.25) is 9.59 Å². The second-order valence-corrected chi connectivity index (χ2v) is 9.62. The van der Waals surface area contributed by atoms with Gasteiger partial charge in [0.25, 0.3) is 5.91 Å². The van der Waals surface area contributed by atoms with Crippen LogP contribution in [0.25, 0.3) is 0 Å². The lowest BCUT2D eigenvalue weighted by molar-refractivity contribution is -0.134. The number of likely N-dealkylation sites (tertiary alicyclic amines) is 2. The smallest absolute Gasteiger partial charge is 0.265 e. The number of hydrogen-bond donors (Lipinski definition) is 0. The van der Waals surface area contributed by atoms with E-state index < -0.39 is 0 Å². The first-order valence-electron chi connectivity index (χ1n) is 10.9. The summed E-state index contributed by atoms with van der Waals surface area (Å²) in [7, 11) is 0. The molecule has 0 aliphatic carbocycles. The van der Waals surface area contributed by atoms with Crippen molar-refractivity contribution in [3.63, 3.8) is 0 Å². The Balaban J connectivity index is 1.49. The lowest BCUT2D eigenvalue weighted by atomic mass is 9.90. The van der Waals surface area contributed by atoms with Crippen molar-refractivity contribution < 1.29 is 14.3 Å². The summed E-state index contributed by atoms with van der Waals surface area (Å²) in [6.45, 7) is 4.61. The van der Waals surface area contributed by atoms with Crippen molar-refractivity contribution >= 4 is 34.8 Å². The van der Waals surface area contributed by atoms with Gasteiger partial charge in [-0.1, -0.05) is 17.7 Å². The van der Waals surface area contributed by atoms with Crippen LogP contribution in [-0.4, -0.2) is 58.9 Å². The molecule has 0 unspecified atom stereocenters. The van der Waals surface area contributed by atoms with E-state index in [1.54, 1.807) is 11.6 Å². The van der Waals surface area contributed by atoms with Crippen LogP contribution in [0, 0.1) is 12.8 Å². The van der Waals surface area contributed by atoms with Gasteiger partial charge in [0.15, 0.2) is 0 Å². The molecule has 4 rings (SSSR count). The summed E-state index contributed by atoms with van der Waals surface area (Å²) in [6.07, 6.45) is 4.23. The molecule has 3 heterocycles. The number of piperidine rings is 2. The Hall–Kier alpha value is -2.12. The molecule has 166 valence electrons. The number of amides is 2. The Morgan fingerprint density at radius 2 is 2.00 bits per heavy atom. The number of rotatable bonds is 5. The van der Waals surface area contributed by atoms with Crippen molar-refractivity contribution in [3.05, 3.63) is 45.4 Å². The van der Waals surface area contributed by atoms with Crippen LogP contribution in [0.4, 0.5) is 0 Å². The summed E-state index contributed by atoms with van der Waals surface area (Å²) in [5, 5.41) is 0.617. The van der Waals surface area contributed by atoms with Gasteiger partial charge in [-0.15, -0.1) is 11.3 Å². The average Bonchev–Trinajstić information content (AvgIpc) is 3.21. The third-order valence-corrected chi connectivity index (χ3v) is 7.27. The lowest BCUT2D eigenvalue weighted by Crippen LogP contribution is -2.49. The molecule has 2 amide bonds.